The Morgan fingerprint density at radius 3 is 2.73 bits per heavy atom. The van der Waals surface area contributed by atoms with Crippen molar-refractivity contribution < 1.29 is 14.6 Å². The van der Waals surface area contributed by atoms with Crippen molar-refractivity contribution >= 4 is 23.1 Å². The second-order valence-electron chi connectivity index (χ2n) is 2.86. The Morgan fingerprint density at radius 2 is 2.27 bits per heavy atom. The van der Waals surface area contributed by atoms with E-state index in [1.165, 1.54) is 0 Å². The molecule has 1 N–H and O–H groups in total. The molecule has 0 aliphatic heterocycles. The van der Waals surface area contributed by atoms with Crippen LogP contribution in [0.5, 0.6) is 5.75 Å². The zero-order valence-electron chi connectivity index (χ0n) is 8.29. The maximum absolute atomic E-state index is 10.7. The highest BCUT2D eigenvalue weighted by molar-refractivity contribution is 6.34. The lowest BCUT2D eigenvalue weighted by Crippen LogP contribution is -1.99. The number of hydrogen-bond acceptors (Lipinski definition) is 2. The number of halogens is 1. The van der Waals surface area contributed by atoms with Crippen LogP contribution in [-0.2, 0) is 4.79 Å². The highest BCUT2D eigenvalue weighted by Gasteiger charge is 2.11. The molecule has 0 amide bonds. The van der Waals surface area contributed by atoms with Gasteiger partial charge in [-0.15, -0.1) is 0 Å². The van der Waals surface area contributed by atoms with E-state index in [2.05, 4.69) is 6.58 Å². The Morgan fingerprint density at radius 1 is 1.60 bits per heavy atom. The average molecular weight is 227 g/mol. The summed E-state index contributed by atoms with van der Waals surface area (Å²) in [6.45, 7) is 5.83. The number of carboxylic acids is 1. The first-order chi connectivity index (χ1) is 7.06. The third-order valence-electron chi connectivity index (χ3n) is 1.83. The van der Waals surface area contributed by atoms with Gasteiger partial charge in [0.05, 0.1) is 17.2 Å². The van der Waals surface area contributed by atoms with Crippen molar-refractivity contribution in [3.8, 4) is 5.75 Å². The summed E-state index contributed by atoms with van der Waals surface area (Å²) in [7, 11) is 0. The van der Waals surface area contributed by atoms with E-state index in [1.54, 1.807) is 18.2 Å². The molecule has 0 aliphatic rings. The number of carbonyl (C=O) groups is 1. The molecule has 0 saturated heterocycles. The summed E-state index contributed by atoms with van der Waals surface area (Å²) in [5.74, 6) is -0.467. The second-order valence-corrected chi connectivity index (χ2v) is 3.27. The fourth-order valence-corrected chi connectivity index (χ4v) is 1.40. The van der Waals surface area contributed by atoms with Crippen LogP contribution in [0, 0.1) is 0 Å². The highest BCUT2D eigenvalue weighted by atomic mass is 35.5. The molecule has 15 heavy (non-hydrogen) atoms. The van der Waals surface area contributed by atoms with E-state index in [1.807, 2.05) is 6.92 Å². The van der Waals surface area contributed by atoms with Gasteiger partial charge in [-0.25, -0.2) is 4.79 Å². The maximum atomic E-state index is 10.7. The molecule has 0 fully saturated rings. The smallest absolute Gasteiger partial charge is 0.335 e. The van der Waals surface area contributed by atoms with E-state index in [0.29, 0.717) is 22.9 Å². The lowest BCUT2D eigenvalue weighted by Gasteiger charge is -2.07. The van der Waals surface area contributed by atoms with Gasteiger partial charge in [-0.05, 0) is 25.1 Å². The summed E-state index contributed by atoms with van der Waals surface area (Å²) in [5.41, 5.74) is 0.385. The standard InChI is InChI=1S/C11H11ClO3/c1-3-15-8-4-5-9(10(12)6-8)7(2)11(13)14/h4-6H,2-3H2,1H3,(H,13,14). The molecule has 0 atom stereocenters. The van der Waals surface area contributed by atoms with Crippen molar-refractivity contribution in [2.24, 2.45) is 0 Å². The third kappa shape index (κ3) is 2.73. The van der Waals surface area contributed by atoms with Crippen molar-refractivity contribution in [3.05, 3.63) is 35.4 Å². The van der Waals surface area contributed by atoms with Gasteiger partial charge in [-0.1, -0.05) is 18.2 Å². The van der Waals surface area contributed by atoms with Crippen LogP contribution >= 0.6 is 11.6 Å². The van der Waals surface area contributed by atoms with Crippen molar-refractivity contribution in [2.45, 2.75) is 6.92 Å². The number of carboxylic acid groups (broad SMARTS) is 1. The average Bonchev–Trinajstić information content (AvgIpc) is 2.17. The van der Waals surface area contributed by atoms with Crippen LogP contribution in [0.4, 0.5) is 0 Å². The SMILES string of the molecule is C=C(C(=O)O)c1ccc(OCC)cc1Cl. The second kappa shape index (κ2) is 4.84. The van der Waals surface area contributed by atoms with Crippen molar-refractivity contribution in [3.63, 3.8) is 0 Å². The van der Waals surface area contributed by atoms with Gasteiger partial charge in [-0.2, -0.15) is 0 Å². The minimum atomic E-state index is -1.08. The van der Waals surface area contributed by atoms with Gasteiger partial charge in [-0.3, -0.25) is 0 Å². The number of benzene rings is 1. The Kier molecular flexibility index (Phi) is 3.74. The van der Waals surface area contributed by atoms with Crippen LogP contribution in [0.2, 0.25) is 5.02 Å². The lowest BCUT2D eigenvalue weighted by molar-refractivity contribution is -0.130. The van der Waals surface area contributed by atoms with Crippen LogP contribution in [0.3, 0.4) is 0 Å². The minimum Gasteiger partial charge on any atom is -0.494 e. The fourth-order valence-electron chi connectivity index (χ4n) is 1.11. The number of hydrogen-bond donors (Lipinski definition) is 1. The van der Waals surface area contributed by atoms with Gasteiger partial charge in [0.1, 0.15) is 5.75 Å². The third-order valence-corrected chi connectivity index (χ3v) is 2.15. The van der Waals surface area contributed by atoms with Crippen molar-refractivity contribution in [1.82, 2.24) is 0 Å². The van der Waals surface area contributed by atoms with E-state index in [9.17, 15) is 4.79 Å². The maximum Gasteiger partial charge on any atom is 0.335 e. The van der Waals surface area contributed by atoms with Gasteiger partial charge in [0.2, 0.25) is 0 Å². The summed E-state index contributed by atoms with van der Waals surface area (Å²) in [4.78, 5) is 10.7. The summed E-state index contributed by atoms with van der Waals surface area (Å²) >= 11 is 5.90. The molecule has 0 spiro atoms. The van der Waals surface area contributed by atoms with Gasteiger partial charge >= 0.3 is 5.97 Å². The molecular weight excluding hydrogens is 216 g/mol. The molecular formula is C11H11ClO3. The predicted molar refractivity (Wildman–Crippen MR) is 59.3 cm³/mol. The van der Waals surface area contributed by atoms with E-state index < -0.39 is 5.97 Å². The molecule has 1 aromatic carbocycles. The van der Waals surface area contributed by atoms with Crippen LogP contribution in [-0.4, -0.2) is 17.7 Å². The minimum absolute atomic E-state index is 0.0250. The molecule has 0 unspecified atom stereocenters. The largest absolute Gasteiger partial charge is 0.494 e. The van der Waals surface area contributed by atoms with Gasteiger partial charge in [0.25, 0.3) is 0 Å². The number of aliphatic carboxylic acids is 1. The normalized spacial score (nSPS) is 9.73. The molecule has 1 rings (SSSR count). The highest BCUT2D eigenvalue weighted by Crippen LogP contribution is 2.27. The molecule has 3 nitrogen and oxygen atoms in total. The van der Waals surface area contributed by atoms with E-state index in [-0.39, 0.29) is 5.57 Å². The fraction of sp³-hybridized carbons (Fsp3) is 0.182. The molecule has 0 bridgehead atoms. The lowest BCUT2D eigenvalue weighted by atomic mass is 10.1. The van der Waals surface area contributed by atoms with Crippen LogP contribution in [0.25, 0.3) is 5.57 Å². The van der Waals surface area contributed by atoms with Gasteiger partial charge in [0, 0.05) is 5.56 Å². The summed E-state index contributed by atoms with van der Waals surface area (Å²) in [5, 5.41) is 9.07. The zero-order valence-corrected chi connectivity index (χ0v) is 9.04. The number of ether oxygens (including phenoxy) is 1. The Hall–Kier alpha value is -1.48. The van der Waals surface area contributed by atoms with Crippen LogP contribution in [0.1, 0.15) is 12.5 Å². The molecule has 0 saturated carbocycles. The Bertz CT molecular complexity index is 399. The molecule has 1 aromatic rings. The zero-order chi connectivity index (χ0) is 11.4. The molecule has 0 radical (unpaired) electrons. The first-order valence-electron chi connectivity index (χ1n) is 4.41. The van der Waals surface area contributed by atoms with E-state index >= 15 is 0 Å². The van der Waals surface area contributed by atoms with Crippen molar-refractivity contribution in [2.75, 3.05) is 6.61 Å². The number of rotatable bonds is 4. The van der Waals surface area contributed by atoms with Crippen molar-refractivity contribution in [1.29, 1.82) is 0 Å². The molecule has 80 valence electrons. The van der Waals surface area contributed by atoms with E-state index in [0.717, 1.165) is 0 Å². The quantitative estimate of drug-likeness (QED) is 0.803. The van der Waals surface area contributed by atoms with Gasteiger partial charge < -0.3 is 9.84 Å². The van der Waals surface area contributed by atoms with Gasteiger partial charge in [0.15, 0.2) is 0 Å². The summed E-state index contributed by atoms with van der Waals surface area (Å²) < 4.78 is 5.22. The molecule has 0 aromatic heterocycles. The topological polar surface area (TPSA) is 46.5 Å². The van der Waals surface area contributed by atoms with Crippen LogP contribution < -0.4 is 4.74 Å². The molecule has 0 heterocycles. The monoisotopic (exact) mass is 226 g/mol. The Balaban J connectivity index is 3.03. The van der Waals surface area contributed by atoms with Crippen LogP contribution in [0.15, 0.2) is 24.8 Å². The molecule has 4 heteroatoms. The Labute approximate surface area is 92.9 Å². The summed E-state index contributed by atoms with van der Waals surface area (Å²) in [6, 6.07) is 4.83. The summed E-state index contributed by atoms with van der Waals surface area (Å²) in [6.07, 6.45) is 0. The first-order valence-corrected chi connectivity index (χ1v) is 4.79. The predicted octanol–water partition coefficient (Wildman–Crippen LogP) is 2.84. The molecule has 0 aliphatic carbocycles. The van der Waals surface area contributed by atoms with E-state index in [4.69, 9.17) is 21.4 Å². The first kappa shape index (κ1) is 11.6.